The second-order valence-corrected chi connectivity index (χ2v) is 7.84. The number of carbonyl (C=O) groups excluding carboxylic acids is 1. The van der Waals surface area contributed by atoms with Crippen LogP contribution in [0.25, 0.3) is 0 Å². The summed E-state index contributed by atoms with van der Waals surface area (Å²) in [6.45, 7) is 7.64. The number of halogens is 1. The zero-order chi connectivity index (χ0) is 19.5. The summed E-state index contributed by atoms with van der Waals surface area (Å²) in [7, 11) is 0. The number of carbonyl (C=O) groups is 1. The summed E-state index contributed by atoms with van der Waals surface area (Å²) in [6.07, 6.45) is 2.07. The summed E-state index contributed by atoms with van der Waals surface area (Å²) < 4.78 is 13.1. The molecule has 0 N–H and O–H groups in total. The van der Waals surface area contributed by atoms with E-state index in [0.29, 0.717) is 6.04 Å². The molecule has 2 aliphatic heterocycles. The van der Waals surface area contributed by atoms with Gasteiger partial charge < -0.3 is 9.80 Å². The molecule has 4 nitrogen and oxygen atoms in total. The number of amides is 1. The van der Waals surface area contributed by atoms with Crippen molar-refractivity contribution in [3.63, 3.8) is 0 Å². The average Bonchev–Trinajstić information content (AvgIpc) is 2.74. The van der Waals surface area contributed by atoms with Gasteiger partial charge in [0.25, 0.3) is 5.91 Å². The van der Waals surface area contributed by atoms with E-state index in [9.17, 15) is 9.18 Å². The van der Waals surface area contributed by atoms with Gasteiger partial charge in [0.2, 0.25) is 0 Å². The Labute approximate surface area is 166 Å². The SMILES string of the molecule is Cc1ccccc1C(=O)N1CCC(N2CCN(c3ccc(F)cc3)CC2)CC1. The zero-order valence-corrected chi connectivity index (χ0v) is 16.5. The maximum absolute atomic E-state index is 13.1. The zero-order valence-electron chi connectivity index (χ0n) is 16.5. The first-order valence-electron chi connectivity index (χ1n) is 10.2. The van der Waals surface area contributed by atoms with E-state index in [1.165, 1.54) is 12.1 Å². The number of benzene rings is 2. The van der Waals surface area contributed by atoms with Gasteiger partial charge in [-0.2, -0.15) is 0 Å². The van der Waals surface area contributed by atoms with Gasteiger partial charge in [-0.25, -0.2) is 4.39 Å². The van der Waals surface area contributed by atoms with Gasteiger partial charge in [0.15, 0.2) is 0 Å². The van der Waals surface area contributed by atoms with Crippen LogP contribution in [-0.4, -0.2) is 61.0 Å². The van der Waals surface area contributed by atoms with E-state index in [0.717, 1.165) is 68.9 Å². The monoisotopic (exact) mass is 381 g/mol. The molecule has 5 heteroatoms. The summed E-state index contributed by atoms with van der Waals surface area (Å²) in [4.78, 5) is 19.7. The van der Waals surface area contributed by atoms with E-state index < -0.39 is 0 Å². The molecule has 28 heavy (non-hydrogen) atoms. The third-order valence-corrected chi connectivity index (χ3v) is 6.15. The molecule has 2 saturated heterocycles. The molecule has 0 aromatic heterocycles. The molecule has 1 amide bonds. The van der Waals surface area contributed by atoms with Crippen LogP contribution < -0.4 is 4.90 Å². The maximum atomic E-state index is 13.1. The molecule has 2 aromatic rings. The lowest BCUT2D eigenvalue weighted by Crippen LogP contribution is -2.53. The van der Waals surface area contributed by atoms with Crippen molar-refractivity contribution in [3.05, 3.63) is 65.5 Å². The van der Waals surface area contributed by atoms with Crippen LogP contribution in [0.3, 0.4) is 0 Å². The van der Waals surface area contributed by atoms with E-state index in [2.05, 4.69) is 9.80 Å². The summed E-state index contributed by atoms with van der Waals surface area (Å²) in [5, 5.41) is 0. The molecule has 2 aromatic carbocycles. The van der Waals surface area contributed by atoms with Crippen LogP contribution in [0.1, 0.15) is 28.8 Å². The molecule has 2 aliphatic rings. The Hall–Kier alpha value is -2.40. The fourth-order valence-electron chi connectivity index (χ4n) is 4.41. The standard InChI is InChI=1S/C23H28FN3O/c1-18-4-2-3-5-22(18)23(28)27-12-10-21(11-13-27)26-16-14-25(15-17-26)20-8-6-19(24)7-9-20/h2-9,21H,10-17H2,1H3. The van der Waals surface area contributed by atoms with Crippen LogP contribution in [0.5, 0.6) is 0 Å². The lowest BCUT2D eigenvalue weighted by Gasteiger charge is -2.43. The molecule has 0 spiro atoms. The Balaban J connectivity index is 1.28. The van der Waals surface area contributed by atoms with E-state index in [4.69, 9.17) is 0 Å². The number of hydrogen-bond acceptors (Lipinski definition) is 3. The fraction of sp³-hybridized carbons (Fsp3) is 0.435. The smallest absolute Gasteiger partial charge is 0.254 e. The molecule has 0 radical (unpaired) electrons. The number of likely N-dealkylation sites (tertiary alicyclic amines) is 1. The maximum Gasteiger partial charge on any atom is 0.254 e. The molecule has 4 rings (SSSR count). The summed E-state index contributed by atoms with van der Waals surface area (Å²) in [6, 6.07) is 15.2. The minimum Gasteiger partial charge on any atom is -0.369 e. The van der Waals surface area contributed by atoms with Crippen LogP contribution >= 0.6 is 0 Å². The van der Waals surface area contributed by atoms with Crippen molar-refractivity contribution in [3.8, 4) is 0 Å². The van der Waals surface area contributed by atoms with Gasteiger partial charge in [-0.1, -0.05) is 18.2 Å². The van der Waals surface area contributed by atoms with Crippen LogP contribution in [-0.2, 0) is 0 Å². The van der Waals surface area contributed by atoms with Crippen molar-refractivity contribution in [1.82, 2.24) is 9.80 Å². The Morgan fingerprint density at radius 2 is 1.54 bits per heavy atom. The molecular weight excluding hydrogens is 353 g/mol. The Morgan fingerprint density at radius 3 is 2.18 bits per heavy atom. The predicted octanol–water partition coefficient (Wildman–Crippen LogP) is 3.56. The van der Waals surface area contributed by atoms with Crippen LogP contribution in [0.2, 0.25) is 0 Å². The first-order chi connectivity index (χ1) is 13.6. The molecule has 0 unspecified atom stereocenters. The number of anilines is 1. The first-order valence-corrected chi connectivity index (χ1v) is 10.2. The molecule has 2 fully saturated rings. The van der Waals surface area contributed by atoms with E-state index in [1.807, 2.05) is 48.2 Å². The minimum absolute atomic E-state index is 0.165. The van der Waals surface area contributed by atoms with Crippen molar-refractivity contribution >= 4 is 11.6 Å². The molecule has 0 aliphatic carbocycles. The van der Waals surface area contributed by atoms with Crippen molar-refractivity contribution in [2.45, 2.75) is 25.8 Å². The normalized spacial score (nSPS) is 19.1. The number of piperazine rings is 1. The molecule has 0 bridgehead atoms. The summed E-state index contributed by atoms with van der Waals surface area (Å²) in [5.74, 6) is -0.0212. The van der Waals surface area contributed by atoms with Gasteiger partial charge in [-0.3, -0.25) is 9.69 Å². The largest absolute Gasteiger partial charge is 0.369 e. The highest BCUT2D eigenvalue weighted by Crippen LogP contribution is 2.23. The van der Waals surface area contributed by atoms with Crippen LogP contribution in [0, 0.1) is 12.7 Å². The third-order valence-electron chi connectivity index (χ3n) is 6.15. The van der Waals surface area contributed by atoms with Gasteiger partial charge >= 0.3 is 0 Å². The predicted molar refractivity (Wildman–Crippen MR) is 110 cm³/mol. The highest BCUT2D eigenvalue weighted by atomic mass is 19.1. The topological polar surface area (TPSA) is 26.8 Å². The molecule has 0 saturated carbocycles. The van der Waals surface area contributed by atoms with Crippen LogP contribution in [0.4, 0.5) is 10.1 Å². The highest BCUT2D eigenvalue weighted by Gasteiger charge is 2.29. The van der Waals surface area contributed by atoms with Crippen molar-refractivity contribution in [2.24, 2.45) is 0 Å². The number of rotatable bonds is 3. The molecular formula is C23H28FN3O. The quantitative estimate of drug-likeness (QED) is 0.813. The van der Waals surface area contributed by atoms with Gasteiger partial charge in [0, 0.05) is 56.6 Å². The number of hydrogen-bond donors (Lipinski definition) is 0. The van der Waals surface area contributed by atoms with E-state index in [-0.39, 0.29) is 11.7 Å². The highest BCUT2D eigenvalue weighted by molar-refractivity contribution is 5.95. The van der Waals surface area contributed by atoms with Gasteiger partial charge in [0.1, 0.15) is 5.82 Å². The van der Waals surface area contributed by atoms with Gasteiger partial charge in [-0.05, 0) is 55.7 Å². The summed E-state index contributed by atoms with van der Waals surface area (Å²) in [5.41, 5.74) is 2.97. The average molecular weight is 381 g/mol. The molecule has 148 valence electrons. The van der Waals surface area contributed by atoms with E-state index >= 15 is 0 Å². The molecule has 2 heterocycles. The Bertz CT molecular complexity index is 807. The van der Waals surface area contributed by atoms with Crippen molar-refractivity contribution in [2.75, 3.05) is 44.2 Å². The Morgan fingerprint density at radius 1 is 0.893 bits per heavy atom. The Kier molecular flexibility index (Phi) is 5.62. The fourth-order valence-corrected chi connectivity index (χ4v) is 4.41. The third kappa shape index (κ3) is 4.04. The summed E-state index contributed by atoms with van der Waals surface area (Å²) >= 11 is 0. The lowest BCUT2D eigenvalue weighted by molar-refractivity contribution is 0.0610. The van der Waals surface area contributed by atoms with Gasteiger partial charge in [0.05, 0.1) is 0 Å². The number of nitrogens with zero attached hydrogens (tertiary/aromatic N) is 3. The minimum atomic E-state index is -0.186. The van der Waals surface area contributed by atoms with Crippen molar-refractivity contribution < 1.29 is 9.18 Å². The van der Waals surface area contributed by atoms with E-state index in [1.54, 1.807) is 0 Å². The lowest BCUT2D eigenvalue weighted by atomic mass is 10.00. The van der Waals surface area contributed by atoms with Crippen molar-refractivity contribution in [1.29, 1.82) is 0 Å². The number of aryl methyl sites for hydroxylation is 1. The molecule has 0 atom stereocenters. The second-order valence-electron chi connectivity index (χ2n) is 7.84. The second kappa shape index (κ2) is 8.31. The number of piperidine rings is 1. The van der Waals surface area contributed by atoms with Crippen LogP contribution in [0.15, 0.2) is 48.5 Å². The first kappa shape index (κ1) is 18.9. The van der Waals surface area contributed by atoms with Gasteiger partial charge in [-0.15, -0.1) is 0 Å².